The van der Waals surface area contributed by atoms with Crippen LogP contribution in [0.1, 0.15) is 226 Å². The van der Waals surface area contributed by atoms with Crippen molar-refractivity contribution in [2.45, 2.75) is 269 Å². The smallest absolute Gasteiger partial charge is 0.220 e. The van der Waals surface area contributed by atoms with E-state index in [0.717, 1.165) is 83.5 Å². The molecule has 0 aromatic carbocycles. The van der Waals surface area contributed by atoms with E-state index < -0.39 is 49.5 Å². The molecule has 1 aliphatic rings. The number of hydrogen-bond acceptors (Lipinski definition) is 8. The molecule has 1 amide bonds. The lowest BCUT2D eigenvalue weighted by Gasteiger charge is -2.40. The maximum Gasteiger partial charge on any atom is 0.220 e. The number of rotatable bonds is 47. The van der Waals surface area contributed by atoms with Gasteiger partial charge in [-0.25, -0.2) is 0 Å². The molecule has 1 saturated heterocycles. The van der Waals surface area contributed by atoms with Crippen molar-refractivity contribution >= 4 is 5.91 Å². The predicted molar refractivity (Wildman–Crippen MR) is 294 cm³/mol. The van der Waals surface area contributed by atoms with Crippen molar-refractivity contribution in [3.8, 4) is 0 Å². The Balaban J connectivity index is 2.30. The van der Waals surface area contributed by atoms with Crippen LogP contribution in [0.25, 0.3) is 0 Å². The molecule has 7 unspecified atom stereocenters. The van der Waals surface area contributed by atoms with E-state index in [4.69, 9.17) is 9.47 Å². The van der Waals surface area contributed by atoms with Gasteiger partial charge in [0.1, 0.15) is 24.4 Å². The molecule has 7 atom stereocenters. The molecule has 1 heterocycles. The topological polar surface area (TPSA) is 149 Å². The molecular formula is C61H105NO8. The van der Waals surface area contributed by atoms with Gasteiger partial charge in [-0.05, 0) is 89.9 Å². The van der Waals surface area contributed by atoms with E-state index in [1.165, 1.54) is 116 Å². The molecule has 0 aromatic heterocycles. The van der Waals surface area contributed by atoms with Crippen LogP contribution in [0.15, 0.2) is 97.2 Å². The summed E-state index contributed by atoms with van der Waals surface area (Å²) in [4.78, 5) is 13.0. The van der Waals surface area contributed by atoms with E-state index in [0.29, 0.717) is 6.42 Å². The van der Waals surface area contributed by atoms with Crippen LogP contribution < -0.4 is 5.32 Å². The molecule has 402 valence electrons. The molecule has 0 radical (unpaired) electrons. The van der Waals surface area contributed by atoms with Gasteiger partial charge in [-0.15, -0.1) is 0 Å². The number of carbonyl (C=O) groups excluding carboxylic acids is 1. The van der Waals surface area contributed by atoms with Gasteiger partial charge >= 0.3 is 0 Å². The summed E-state index contributed by atoms with van der Waals surface area (Å²) in [6, 6.07) is -0.853. The Bertz CT molecular complexity index is 1420. The number of unbranched alkanes of at least 4 members (excludes halogenated alkanes) is 23. The highest BCUT2D eigenvalue weighted by atomic mass is 16.7. The van der Waals surface area contributed by atoms with Gasteiger partial charge in [0, 0.05) is 6.42 Å². The molecule has 1 aliphatic heterocycles. The number of nitrogens with one attached hydrogen (secondary N) is 1. The monoisotopic (exact) mass is 980 g/mol. The van der Waals surface area contributed by atoms with Crippen molar-refractivity contribution in [2.24, 2.45) is 0 Å². The van der Waals surface area contributed by atoms with Gasteiger partial charge in [0.2, 0.25) is 5.91 Å². The van der Waals surface area contributed by atoms with Crippen molar-refractivity contribution in [1.82, 2.24) is 5.32 Å². The quantitative estimate of drug-likeness (QED) is 0.0261. The second-order valence-electron chi connectivity index (χ2n) is 19.3. The van der Waals surface area contributed by atoms with Crippen LogP contribution in [0.3, 0.4) is 0 Å². The molecule has 9 nitrogen and oxygen atoms in total. The minimum atomic E-state index is -1.59. The van der Waals surface area contributed by atoms with Crippen molar-refractivity contribution in [3.63, 3.8) is 0 Å². The first-order valence-electron chi connectivity index (χ1n) is 28.5. The van der Waals surface area contributed by atoms with E-state index in [-0.39, 0.29) is 18.9 Å². The summed E-state index contributed by atoms with van der Waals surface area (Å²) in [6.07, 6.45) is 64.8. The number of amides is 1. The molecule has 70 heavy (non-hydrogen) atoms. The van der Waals surface area contributed by atoms with Crippen molar-refractivity contribution in [1.29, 1.82) is 0 Å². The van der Waals surface area contributed by atoms with E-state index in [9.17, 15) is 30.3 Å². The SMILES string of the molecule is CC/C=C\C/C=C\C/C=C\C/C=C\C/C=C\CCCCCC(=O)NC(COC1OC(CO)C(O)C(O)C1O)C(O)/C=C/CC/C=C/CC/C=C/CCCCCCCCCCCCCCCCCCCC. The van der Waals surface area contributed by atoms with Gasteiger partial charge in [0.05, 0.1) is 25.4 Å². The minimum Gasteiger partial charge on any atom is -0.394 e. The van der Waals surface area contributed by atoms with Gasteiger partial charge in [-0.1, -0.05) is 227 Å². The van der Waals surface area contributed by atoms with Crippen LogP contribution in [-0.2, 0) is 14.3 Å². The Morgan fingerprint density at radius 3 is 1.37 bits per heavy atom. The Morgan fingerprint density at radius 1 is 0.500 bits per heavy atom. The lowest BCUT2D eigenvalue weighted by atomic mass is 9.99. The lowest BCUT2D eigenvalue weighted by molar-refractivity contribution is -0.302. The summed E-state index contributed by atoms with van der Waals surface area (Å²) in [5.41, 5.74) is 0. The van der Waals surface area contributed by atoms with Gasteiger partial charge in [0.25, 0.3) is 0 Å². The predicted octanol–water partition coefficient (Wildman–Crippen LogP) is 14.0. The number of ether oxygens (including phenoxy) is 2. The number of hydrogen-bond donors (Lipinski definition) is 6. The second kappa shape index (κ2) is 49.7. The van der Waals surface area contributed by atoms with Crippen LogP contribution >= 0.6 is 0 Å². The van der Waals surface area contributed by atoms with E-state index in [1.807, 2.05) is 6.08 Å². The van der Waals surface area contributed by atoms with Crippen molar-refractivity contribution in [3.05, 3.63) is 97.2 Å². The number of carbonyl (C=O) groups is 1. The Hall–Kier alpha value is -2.89. The average Bonchev–Trinajstić information content (AvgIpc) is 3.36. The number of allylic oxidation sites excluding steroid dienone is 15. The van der Waals surface area contributed by atoms with Gasteiger partial charge in [-0.3, -0.25) is 4.79 Å². The first-order chi connectivity index (χ1) is 34.3. The highest BCUT2D eigenvalue weighted by Gasteiger charge is 2.44. The zero-order chi connectivity index (χ0) is 50.8. The Morgan fingerprint density at radius 2 is 0.900 bits per heavy atom. The van der Waals surface area contributed by atoms with Crippen LogP contribution in [0, 0.1) is 0 Å². The lowest BCUT2D eigenvalue weighted by Crippen LogP contribution is -2.60. The molecule has 9 heteroatoms. The summed E-state index contributed by atoms with van der Waals surface area (Å²) in [7, 11) is 0. The molecule has 6 N–H and O–H groups in total. The zero-order valence-electron chi connectivity index (χ0n) is 44.5. The summed E-state index contributed by atoms with van der Waals surface area (Å²) < 4.78 is 11.2. The van der Waals surface area contributed by atoms with E-state index in [1.54, 1.807) is 6.08 Å². The summed E-state index contributed by atoms with van der Waals surface area (Å²) in [5.74, 6) is -0.225. The second-order valence-corrected chi connectivity index (χ2v) is 19.3. The molecule has 1 fully saturated rings. The maximum atomic E-state index is 13.0. The first kappa shape index (κ1) is 65.1. The molecule has 0 aromatic rings. The van der Waals surface area contributed by atoms with Gasteiger partial charge < -0.3 is 40.3 Å². The van der Waals surface area contributed by atoms with E-state index >= 15 is 0 Å². The third kappa shape index (κ3) is 38.7. The zero-order valence-corrected chi connectivity index (χ0v) is 44.5. The maximum absolute atomic E-state index is 13.0. The third-order valence-corrected chi connectivity index (χ3v) is 12.9. The summed E-state index contributed by atoms with van der Waals surface area (Å²) >= 11 is 0. The molecule has 0 spiro atoms. The van der Waals surface area contributed by atoms with Crippen molar-refractivity contribution in [2.75, 3.05) is 13.2 Å². The van der Waals surface area contributed by atoms with Crippen LogP contribution in [-0.4, -0.2) is 87.5 Å². The standard InChI is InChI=1S/C61H105NO8/c1-3-5-7-9-11-13-15-17-19-21-23-24-25-26-27-28-29-30-31-33-34-36-38-40-42-44-46-48-50-55(64)54(53-69-61-60(68)59(67)58(66)56(52-63)70-61)62-57(65)51-49-47-45-43-41-39-37-35-32-22-20-18-16-14-12-10-8-6-4-2/h6,8,12,14,18,20,32-35,39-42,48,50,54-56,58-61,63-64,66-68H,3-5,7,9-11,13,15-17,19,21-31,36-38,43-47,49,51-53H2,1-2H3,(H,62,65)/b8-6-,14-12-,20-18-,34-33+,35-32-,41-39-,42-40+,50-48+. The summed E-state index contributed by atoms with van der Waals surface area (Å²) in [5, 5.41) is 54.4. The molecule has 0 aliphatic carbocycles. The first-order valence-corrected chi connectivity index (χ1v) is 28.5. The third-order valence-electron chi connectivity index (χ3n) is 12.9. The van der Waals surface area contributed by atoms with Gasteiger partial charge in [-0.2, -0.15) is 0 Å². The van der Waals surface area contributed by atoms with Crippen molar-refractivity contribution < 1.29 is 39.8 Å². The fourth-order valence-corrected chi connectivity index (χ4v) is 8.39. The Labute approximate surface area is 428 Å². The molecular weight excluding hydrogens is 875 g/mol. The van der Waals surface area contributed by atoms with Crippen LogP contribution in [0.5, 0.6) is 0 Å². The fraction of sp³-hybridized carbons (Fsp3) is 0.721. The van der Waals surface area contributed by atoms with Crippen LogP contribution in [0.2, 0.25) is 0 Å². The average molecular weight is 981 g/mol. The largest absolute Gasteiger partial charge is 0.394 e. The summed E-state index contributed by atoms with van der Waals surface area (Å²) in [6.45, 7) is 3.62. The number of aliphatic hydroxyl groups excluding tert-OH is 5. The normalized spacial score (nSPS) is 20.1. The minimum absolute atomic E-state index is 0.225. The highest BCUT2D eigenvalue weighted by molar-refractivity contribution is 5.76. The molecule has 0 bridgehead atoms. The highest BCUT2D eigenvalue weighted by Crippen LogP contribution is 2.23. The number of aliphatic hydroxyl groups is 5. The molecule has 1 rings (SSSR count). The molecule has 0 saturated carbocycles. The van der Waals surface area contributed by atoms with Gasteiger partial charge in [0.15, 0.2) is 6.29 Å². The van der Waals surface area contributed by atoms with E-state index in [2.05, 4.69) is 104 Å². The fourth-order valence-electron chi connectivity index (χ4n) is 8.39. The van der Waals surface area contributed by atoms with Crippen LogP contribution in [0.4, 0.5) is 0 Å². The Kier molecular flexibility index (Phi) is 46.2.